The number of aliphatic hydroxyl groups excluding tert-OH is 3. The molecule has 3 rings (SSSR count). The highest BCUT2D eigenvalue weighted by Crippen LogP contribution is 2.36. The van der Waals surface area contributed by atoms with E-state index >= 15 is 0 Å². The molecule has 1 aromatic heterocycles. The van der Waals surface area contributed by atoms with E-state index in [4.69, 9.17) is 21.1 Å². The average Bonchev–Trinajstić information content (AvgIpc) is 3.20. The first kappa shape index (κ1) is 28.1. The number of alkyl halides is 1. The summed E-state index contributed by atoms with van der Waals surface area (Å²) >= 11 is 11.2. The van der Waals surface area contributed by atoms with Crippen LogP contribution in [-0.2, 0) is 18.6 Å². The van der Waals surface area contributed by atoms with E-state index in [0.717, 1.165) is 15.6 Å². The maximum atomic E-state index is 10.3. The van der Waals surface area contributed by atoms with Crippen molar-refractivity contribution in [1.29, 1.82) is 0 Å². The van der Waals surface area contributed by atoms with Crippen molar-refractivity contribution in [3.8, 4) is 11.5 Å². The van der Waals surface area contributed by atoms with Gasteiger partial charge in [-0.05, 0) is 73.9 Å². The van der Waals surface area contributed by atoms with Crippen LogP contribution < -0.4 is 9.47 Å². The molecule has 0 saturated carbocycles. The highest BCUT2D eigenvalue weighted by molar-refractivity contribution is 14.1. The molecule has 11 heteroatoms. The molecule has 0 spiro atoms. The highest BCUT2D eigenvalue weighted by Gasteiger charge is 2.24. The number of ether oxygens (including phenoxy) is 2. The van der Waals surface area contributed by atoms with Crippen LogP contribution in [0.5, 0.6) is 11.5 Å². The van der Waals surface area contributed by atoms with Crippen LogP contribution in [-0.4, -0.2) is 61.6 Å². The van der Waals surface area contributed by atoms with Crippen LogP contribution in [0.25, 0.3) is 0 Å². The summed E-state index contributed by atoms with van der Waals surface area (Å²) in [6.07, 6.45) is -1.50. The van der Waals surface area contributed by atoms with Gasteiger partial charge in [0.1, 0.15) is 46.3 Å². The zero-order chi connectivity index (χ0) is 25.6. The summed E-state index contributed by atoms with van der Waals surface area (Å²) in [5.74, 6) is 1.41. The predicted octanol–water partition coefficient (Wildman–Crippen LogP) is 3.88. The van der Waals surface area contributed by atoms with E-state index in [-0.39, 0.29) is 37.7 Å². The minimum Gasteiger partial charge on any atom is -0.491 e. The highest BCUT2D eigenvalue weighted by atomic mass is 127. The molecule has 3 N–H and O–H groups in total. The van der Waals surface area contributed by atoms with E-state index in [1.165, 1.54) is 0 Å². The van der Waals surface area contributed by atoms with Crippen molar-refractivity contribution in [2.75, 3.05) is 19.1 Å². The molecule has 0 radical (unpaired) electrons. The molecular weight excluding hydrogens is 653 g/mol. The molecule has 35 heavy (non-hydrogen) atoms. The van der Waals surface area contributed by atoms with Crippen LogP contribution in [0.3, 0.4) is 0 Å². The zero-order valence-electron chi connectivity index (χ0n) is 19.4. The van der Waals surface area contributed by atoms with E-state index in [0.29, 0.717) is 20.9 Å². The SMILES string of the molecule is CC(C)(c1ccc(OC[C@@H](O)Cn2nnc(CO)c2I)cc1)c1ccc(OC[C@@H](O)CCl)c(Br)c1. The molecule has 0 aliphatic rings. The Morgan fingerprint density at radius 3 is 2.31 bits per heavy atom. The summed E-state index contributed by atoms with van der Waals surface area (Å²) in [6.45, 7) is 4.51. The maximum Gasteiger partial charge on any atom is 0.133 e. The van der Waals surface area contributed by atoms with Crippen molar-refractivity contribution >= 4 is 50.1 Å². The van der Waals surface area contributed by atoms with Crippen molar-refractivity contribution in [3.63, 3.8) is 0 Å². The number of nitrogens with zero attached hydrogens (tertiary/aromatic N) is 3. The van der Waals surface area contributed by atoms with Crippen molar-refractivity contribution in [1.82, 2.24) is 15.0 Å². The fraction of sp³-hybridized carbons (Fsp3) is 0.417. The summed E-state index contributed by atoms with van der Waals surface area (Å²) in [5.41, 5.74) is 2.38. The lowest BCUT2D eigenvalue weighted by atomic mass is 9.78. The number of aliphatic hydroxyl groups is 3. The molecular formula is C24H28BrClIN3O5. The van der Waals surface area contributed by atoms with Gasteiger partial charge in [-0.25, -0.2) is 4.68 Å². The fourth-order valence-corrected chi connectivity index (χ4v) is 4.52. The lowest BCUT2D eigenvalue weighted by Crippen LogP contribution is -2.25. The Morgan fingerprint density at radius 2 is 1.71 bits per heavy atom. The van der Waals surface area contributed by atoms with Gasteiger partial charge in [0.25, 0.3) is 0 Å². The van der Waals surface area contributed by atoms with Gasteiger partial charge in [0.2, 0.25) is 0 Å². The van der Waals surface area contributed by atoms with Crippen molar-refractivity contribution in [2.45, 2.75) is 44.6 Å². The molecule has 0 fully saturated rings. The molecule has 2 aromatic carbocycles. The first-order valence-electron chi connectivity index (χ1n) is 10.9. The van der Waals surface area contributed by atoms with E-state index < -0.39 is 12.2 Å². The number of aromatic nitrogens is 3. The lowest BCUT2D eigenvalue weighted by Gasteiger charge is -2.27. The Bertz CT molecular complexity index is 1110. The smallest absolute Gasteiger partial charge is 0.133 e. The monoisotopic (exact) mass is 679 g/mol. The third-order valence-electron chi connectivity index (χ3n) is 5.55. The summed E-state index contributed by atoms with van der Waals surface area (Å²) in [5, 5.41) is 37.0. The first-order valence-corrected chi connectivity index (χ1v) is 13.3. The van der Waals surface area contributed by atoms with Crippen LogP contribution in [0.2, 0.25) is 0 Å². The standard InChI is InChI=1S/C24H28BrClIN3O5/c1-24(2,16-5-8-22(20(25)9-16)35-13-17(32)10-26)15-3-6-19(7-4-15)34-14-18(33)11-30-23(27)21(12-31)28-29-30/h3-9,17-18,31-33H,10-14H2,1-2H3/t17-,18-/m0/s1. The molecule has 0 saturated heterocycles. The van der Waals surface area contributed by atoms with Gasteiger partial charge < -0.3 is 24.8 Å². The first-order chi connectivity index (χ1) is 16.6. The molecule has 0 bridgehead atoms. The van der Waals surface area contributed by atoms with Gasteiger partial charge in [-0.3, -0.25) is 0 Å². The van der Waals surface area contributed by atoms with Gasteiger partial charge in [0.05, 0.1) is 23.5 Å². The second-order valence-electron chi connectivity index (χ2n) is 8.55. The Morgan fingerprint density at radius 1 is 1.06 bits per heavy atom. The van der Waals surface area contributed by atoms with Gasteiger partial charge >= 0.3 is 0 Å². The van der Waals surface area contributed by atoms with E-state index in [1.54, 1.807) is 4.68 Å². The normalized spacial score (nSPS) is 13.5. The van der Waals surface area contributed by atoms with Crippen molar-refractivity contribution in [2.24, 2.45) is 0 Å². The van der Waals surface area contributed by atoms with Gasteiger partial charge in [-0.2, -0.15) is 0 Å². The molecule has 0 amide bonds. The van der Waals surface area contributed by atoms with Crippen LogP contribution in [0, 0.1) is 3.70 Å². The summed E-state index contributed by atoms with van der Waals surface area (Å²) < 4.78 is 14.4. The summed E-state index contributed by atoms with van der Waals surface area (Å²) in [4.78, 5) is 0. The van der Waals surface area contributed by atoms with Gasteiger partial charge in [-0.1, -0.05) is 37.3 Å². The fourth-order valence-electron chi connectivity index (χ4n) is 3.37. The number of rotatable bonds is 12. The van der Waals surface area contributed by atoms with Crippen molar-refractivity contribution in [3.05, 3.63) is 67.5 Å². The molecule has 3 aromatic rings. The molecule has 0 unspecified atom stereocenters. The molecule has 1 heterocycles. The maximum absolute atomic E-state index is 10.3. The zero-order valence-corrected chi connectivity index (χ0v) is 23.9. The number of benzene rings is 2. The number of halogens is 3. The van der Waals surface area contributed by atoms with Gasteiger partial charge in [0.15, 0.2) is 0 Å². The second-order valence-corrected chi connectivity index (χ2v) is 10.7. The topological polar surface area (TPSA) is 110 Å². The van der Waals surface area contributed by atoms with Crippen molar-refractivity contribution < 1.29 is 24.8 Å². The number of hydrogen-bond acceptors (Lipinski definition) is 7. The van der Waals surface area contributed by atoms with Crippen LogP contribution in [0.1, 0.15) is 30.7 Å². The molecule has 190 valence electrons. The largest absolute Gasteiger partial charge is 0.491 e. The molecule has 0 aliphatic carbocycles. The molecule has 0 aliphatic heterocycles. The average molecular weight is 681 g/mol. The van der Waals surface area contributed by atoms with Crippen LogP contribution in [0.15, 0.2) is 46.9 Å². The molecule has 2 atom stereocenters. The third-order valence-corrected chi connectivity index (χ3v) is 7.71. The van der Waals surface area contributed by atoms with E-state index in [9.17, 15) is 15.3 Å². The van der Waals surface area contributed by atoms with Gasteiger partial charge in [-0.15, -0.1) is 16.7 Å². The van der Waals surface area contributed by atoms with Crippen LogP contribution in [0.4, 0.5) is 0 Å². The Hall–Kier alpha value is -1.44. The second kappa shape index (κ2) is 12.7. The van der Waals surface area contributed by atoms with Gasteiger partial charge in [0, 0.05) is 5.41 Å². The number of hydrogen-bond donors (Lipinski definition) is 3. The Labute approximate surface area is 231 Å². The van der Waals surface area contributed by atoms with E-state index in [1.807, 2.05) is 65.1 Å². The Balaban J connectivity index is 1.60. The summed E-state index contributed by atoms with van der Waals surface area (Å²) in [6, 6.07) is 13.7. The summed E-state index contributed by atoms with van der Waals surface area (Å²) in [7, 11) is 0. The minimum atomic E-state index is -0.781. The predicted molar refractivity (Wildman–Crippen MR) is 145 cm³/mol. The molecule has 8 nitrogen and oxygen atoms in total. The third kappa shape index (κ3) is 7.30. The lowest BCUT2D eigenvalue weighted by molar-refractivity contribution is 0.0881. The Kier molecular flexibility index (Phi) is 10.2. The minimum absolute atomic E-state index is 0.0972. The van der Waals surface area contributed by atoms with E-state index in [2.05, 4.69) is 40.1 Å². The van der Waals surface area contributed by atoms with Crippen LogP contribution >= 0.6 is 50.1 Å². The quantitative estimate of drug-likeness (QED) is 0.197.